The van der Waals surface area contributed by atoms with Gasteiger partial charge in [-0.2, -0.15) is 9.40 Å². The topological polar surface area (TPSA) is 134 Å². The van der Waals surface area contributed by atoms with Crippen molar-refractivity contribution in [3.8, 4) is 17.1 Å². The molecule has 0 atom stereocenters. The van der Waals surface area contributed by atoms with E-state index in [0.29, 0.717) is 74.5 Å². The molecule has 0 spiro atoms. The van der Waals surface area contributed by atoms with Gasteiger partial charge >= 0.3 is 0 Å². The molecular formula is C23H30N6O5S. The molecule has 3 aromatic rings. The number of sulfonamides is 1. The van der Waals surface area contributed by atoms with Crippen LogP contribution in [0.2, 0.25) is 0 Å². The van der Waals surface area contributed by atoms with E-state index in [-0.39, 0.29) is 22.9 Å². The first-order chi connectivity index (χ1) is 16.8. The second kappa shape index (κ2) is 9.34. The fourth-order valence-electron chi connectivity index (χ4n) is 4.87. The molecular weight excluding hydrogens is 472 g/mol. The van der Waals surface area contributed by atoms with E-state index >= 15 is 0 Å². The van der Waals surface area contributed by atoms with E-state index in [1.165, 1.54) is 8.99 Å². The van der Waals surface area contributed by atoms with Crippen LogP contribution in [0.15, 0.2) is 21.8 Å². The number of piperazine rings is 1. The number of aromatic amines is 1. The van der Waals surface area contributed by atoms with Gasteiger partial charge in [0.2, 0.25) is 10.0 Å². The molecule has 0 radical (unpaired) electrons. The highest BCUT2D eigenvalue weighted by Crippen LogP contribution is 2.38. The predicted molar refractivity (Wildman–Crippen MR) is 130 cm³/mol. The van der Waals surface area contributed by atoms with E-state index in [0.717, 1.165) is 17.7 Å². The van der Waals surface area contributed by atoms with Crippen molar-refractivity contribution in [3.05, 3.63) is 33.7 Å². The molecule has 0 unspecified atom stereocenters. The fourth-order valence-corrected chi connectivity index (χ4v) is 6.37. The minimum Gasteiger partial charge on any atom is -0.492 e. The standard InChI is InChI=1S/C23H30N6O5S/c1-3-4-18-19-20(27(2)26-18)23(31)25-22(24-19)17-14-16(13-15-5-12-34-21(15)17)35(32,33)29-8-6-28(7-9-29)10-11-30/h13-14,30H,3-12H2,1-2H3,(H,24,25,31). The number of aryl methyl sites for hydroxylation is 2. The Morgan fingerprint density at radius 2 is 1.97 bits per heavy atom. The maximum atomic E-state index is 13.6. The van der Waals surface area contributed by atoms with Crippen molar-refractivity contribution in [1.82, 2.24) is 29.0 Å². The lowest BCUT2D eigenvalue weighted by Gasteiger charge is -2.33. The number of aliphatic hydroxyl groups is 1. The molecule has 35 heavy (non-hydrogen) atoms. The Kier molecular flexibility index (Phi) is 6.38. The van der Waals surface area contributed by atoms with Crippen LogP contribution in [0.25, 0.3) is 22.4 Å². The first-order valence-electron chi connectivity index (χ1n) is 11.9. The van der Waals surface area contributed by atoms with Crippen LogP contribution in [0.1, 0.15) is 24.6 Å². The second-order valence-corrected chi connectivity index (χ2v) is 10.9. The largest absolute Gasteiger partial charge is 0.492 e. The molecule has 4 heterocycles. The van der Waals surface area contributed by atoms with Gasteiger partial charge in [0.05, 0.1) is 29.4 Å². The number of hydrogen-bond acceptors (Lipinski definition) is 8. The van der Waals surface area contributed by atoms with E-state index in [9.17, 15) is 13.2 Å². The Morgan fingerprint density at radius 3 is 2.69 bits per heavy atom. The number of hydrogen-bond donors (Lipinski definition) is 2. The van der Waals surface area contributed by atoms with Crippen LogP contribution in [0.3, 0.4) is 0 Å². The van der Waals surface area contributed by atoms with Crippen molar-refractivity contribution in [1.29, 1.82) is 0 Å². The minimum absolute atomic E-state index is 0.0490. The van der Waals surface area contributed by atoms with Gasteiger partial charge in [-0.1, -0.05) is 13.3 Å². The molecule has 1 fully saturated rings. The maximum Gasteiger partial charge on any atom is 0.277 e. The zero-order chi connectivity index (χ0) is 24.7. The molecule has 0 amide bonds. The molecule has 2 aliphatic rings. The molecule has 12 heteroatoms. The molecule has 188 valence electrons. The lowest BCUT2D eigenvalue weighted by molar-refractivity contribution is 0.151. The highest BCUT2D eigenvalue weighted by molar-refractivity contribution is 7.89. The van der Waals surface area contributed by atoms with Crippen LogP contribution in [-0.4, -0.2) is 88.4 Å². The fraction of sp³-hybridized carbons (Fsp3) is 0.522. The van der Waals surface area contributed by atoms with Crippen molar-refractivity contribution in [2.45, 2.75) is 31.1 Å². The van der Waals surface area contributed by atoms with Crippen LogP contribution in [-0.2, 0) is 29.9 Å². The number of fused-ring (bicyclic) bond motifs is 2. The maximum absolute atomic E-state index is 13.6. The van der Waals surface area contributed by atoms with Crippen molar-refractivity contribution < 1.29 is 18.3 Å². The number of ether oxygens (including phenoxy) is 1. The zero-order valence-corrected chi connectivity index (χ0v) is 20.8. The lowest BCUT2D eigenvalue weighted by atomic mass is 10.1. The molecule has 0 bridgehead atoms. The Hall–Kier alpha value is -2.80. The SMILES string of the molecule is CCCc1nn(C)c2c(=O)[nH]c(-c3cc(S(=O)(=O)N4CCN(CCO)CC4)cc4c3OCC4)nc12. The first-order valence-corrected chi connectivity index (χ1v) is 13.4. The summed E-state index contributed by atoms with van der Waals surface area (Å²) < 4.78 is 36.0. The van der Waals surface area contributed by atoms with E-state index in [1.807, 2.05) is 11.8 Å². The summed E-state index contributed by atoms with van der Waals surface area (Å²) in [4.78, 5) is 22.7. The molecule has 1 saturated heterocycles. The average molecular weight is 503 g/mol. The van der Waals surface area contributed by atoms with Crippen LogP contribution in [0.5, 0.6) is 5.75 Å². The Bertz CT molecular complexity index is 1420. The molecule has 2 N–H and O–H groups in total. The second-order valence-electron chi connectivity index (χ2n) is 8.96. The summed E-state index contributed by atoms with van der Waals surface area (Å²) in [6.45, 7) is 4.88. The van der Waals surface area contributed by atoms with Gasteiger partial charge in [0.25, 0.3) is 5.56 Å². The number of aliphatic hydroxyl groups excluding tert-OH is 1. The van der Waals surface area contributed by atoms with Crippen LogP contribution >= 0.6 is 0 Å². The third-order valence-corrected chi connectivity index (χ3v) is 8.52. The zero-order valence-electron chi connectivity index (χ0n) is 20.0. The predicted octanol–water partition coefficient (Wildman–Crippen LogP) is 0.510. The molecule has 11 nitrogen and oxygen atoms in total. The molecule has 1 aromatic carbocycles. The van der Waals surface area contributed by atoms with E-state index in [1.54, 1.807) is 19.2 Å². The van der Waals surface area contributed by atoms with Crippen LogP contribution in [0.4, 0.5) is 0 Å². The number of nitrogens with zero attached hydrogens (tertiary/aromatic N) is 5. The summed E-state index contributed by atoms with van der Waals surface area (Å²) in [6.07, 6.45) is 2.11. The third kappa shape index (κ3) is 4.24. The highest BCUT2D eigenvalue weighted by atomic mass is 32.2. The van der Waals surface area contributed by atoms with Crippen LogP contribution < -0.4 is 10.3 Å². The smallest absolute Gasteiger partial charge is 0.277 e. The molecule has 2 aliphatic heterocycles. The number of β-amino-alcohol motifs (C(OH)–C–C–N with tert-alkyl or cyclic N) is 1. The van der Waals surface area contributed by atoms with Gasteiger partial charge in [0.1, 0.15) is 17.1 Å². The quantitative estimate of drug-likeness (QED) is 0.477. The van der Waals surface area contributed by atoms with Crippen molar-refractivity contribution >= 4 is 21.1 Å². The van der Waals surface area contributed by atoms with E-state index in [4.69, 9.17) is 14.8 Å². The Labute approximate surface area is 203 Å². The lowest BCUT2D eigenvalue weighted by Crippen LogP contribution is -2.49. The number of nitrogens with one attached hydrogen (secondary N) is 1. The number of aromatic nitrogens is 4. The molecule has 2 aromatic heterocycles. The first kappa shape index (κ1) is 23.9. The van der Waals surface area contributed by atoms with Crippen molar-refractivity contribution in [2.24, 2.45) is 7.05 Å². The van der Waals surface area contributed by atoms with Gasteiger partial charge in [-0.15, -0.1) is 0 Å². The Morgan fingerprint density at radius 1 is 1.20 bits per heavy atom. The summed E-state index contributed by atoms with van der Waals surface area (Å²) >= 11 is 0. The van der Waals surface area contributed by atoms with Gasteiger partial charge in [-0.3, -0.25) is 14.4 Å². The average Bonchev–Trinajstić information content (AvgIpc) is 3.44. The summed E-state index contributed by atoms with van der Waals surface area (Å²) in [5.74, 6) is 0.830. The summed E-state index contributed by atoms with van der Waals surface area (Å²) in [7, 11) is -2.05. The van der Waals surface area contributed by atoms with Gasteiger partial charge < -0.3 is 14.8 Å². The molecule has 0 saturated carbocycles. The van der Waals surface area contributed by atoms with Gasteiger partial charge in [0, 0.05) is 46.2 Å². The third-order valence-electron chi connectivity index (χ3n) is 6.65. The normalized spacial score (nSPS) is 17.1. The number of rotatable bonds is 7. The minimum atomic E-state index is -3.77. The Balaban J connectivity index is 1.59. The van der Waals surface area contributed by atoms with E-state index < -0.39 is 10.0 Å². The molecule has 0 aliphatic carbocycles. The summed E-state index contributed by atoms with van der Waals surface area (Å²) in [5.41, 5.74) is 2.56. The number of H-pyrrole nitrogens is 1. The van der Waals surface area contributed by atoms with Gasteiger partial charge in [-0.25, -0.2) is 13.4 Å². The molecule has 5 rings (SSSR count). The van der Waals surface area contributed by atoms with Crippen molar-refractivity contribution in [2.75, 3.05) is 45.9 Å². The summed E-state index contributed by atoms with van der Waals surface area (Å²) in [6, 6.07) is 3.23. The van der Waals surface area contributed by atoms with Crippen molar-refractivity contribution in [3.63, 3.8) is 0 Å². The van der Waals surface area contributed by atoms with Crippen LogP contribution in [0, 0.1) is 0 Å². The highest BCUT2D eigenvalue weighted by Gasteiger charge is 2.31. The van der Waals surface area contributed by atoms with E-state index in [2.05, 4.69) is 10.1 Å². The summed E-state index contributed by atoms with van der Waals surface area (Å²) in [5, 5.41) is 13.6. The van der Waals surface area contributed by atoms with Gasteiger partial charge in [0.15, 0.2) is 5.52 Å². The monoisotopic (exact) mass is 502 g/mol. The van der Waals surface area contributed by atoms with Gasteiger partial charge in [-0.05, 0) is 24.1 Å². The number of benzene rings is 1.